The lowest BCUT2D eigenvalue weighted by Crippen LogP contribution is -2.37. The molecule has 1 aliphatic rings. The van der Waals surface area contributed by atoms with Gasteiger partial charge in [0, 0.05) is 25.6 Å². The van der Waals surface area contributed by atoms with Crippen LogP contribution in [0.2, 0.25) is 0 Å². The number of benzene rings is 1. The predicted molar refractivity (Wildman–Crippen MR) is 81.1 cm³/mol. The van der Waals surface area contributed by atoms with Crippen molar-refractivity contribution >= 4 is 11.6 Å². The summed E-state index contributed by atoms with van der Waals surface area (Å²) in [6.45, 7) is 2.20. The van der Waals surface area contributed by atoms with E-state index in [2.05, 4.69) is 0 Å². The van der Waals surface area contributed by atoms with E-state index in [1.54, 1.807) is 6.92 Å². The van der Waals surface area contributed by atoms with Gasteiger partial charge in [0.15, 0.2) is 0 Å². The lowest BCUT2D eigenvalue weighted by molar-refractivity contribution is -0.387. The number of hydrogen-bond acceptors (Lipinski definition) is 3. The molecule has 8 heteroatoms. The Kier molecular flexibility index (Phi) is 5.58. The molecule has 0 aliphatic carbocycles. The van der Waals surface area contributed by atoms with Crippen molar-refractivity contribution in [3.8, 4) is 0 Å². The maximum absolute atomic E-state index is 13.7. The van der Waals surface area contributed by atoms with Crippen LogP contribution in [0.25, 0.3) is 0 Å². The molecule has 0 saturated carbocycles. The van der Waals surface area contributed by atoms with Crippen LogP contribution in [0.1, 0.15) is 37.7 Å². The van der Waals surface area contributed by atoms with Gasteiger partial charge in [0.2, 0.25) is 11.7 Å². The quantitative estimate of drug-likeness (QED) is 0.614. The number of nitro benzene ring substituents is 1. The van der Waals surface area contributed by atoms with E-state index in [9.17, 15) is 28.1 Å². The summed E-state index contributed by atoms with van der Waals surface area (Å²) in [5.41, 5.74) is -0.0377. The highest BCUT2D eigenvalue weighted by Crippen LogP contribution is 2.27. The molecule has 24 heavy (non-hydrogen) atoms. The maximum Gasteiger partial charge on any atom is 0.304 e. The van der Waals surface area contributed by atoms with Crippen LogP contribution < -0.4 is 0 Å². The summed E-state index contributed by atoms with van der Waals surface area (Å²) >= 11 is 0. The molecular formula is C16H17F3N2O3. The molecule has 0 aromatic heterocycles. The Morgan fingerprint density at radius 1 is 1.33 bits per heavy atom. The fraction of sp³-hybridized carbons (Fsp3) is 0.438. The number of rotatable bonds is 4. The zero-order chi connectivity index (χ0) is 17.9. The average Bonchev–Trinajstić information content (AvgIpc) is 2.54. The van der Waals surface area contributed by atoms with E-state index in [0.717, 1.165) is 12.1 Å². The molecule has 0 radical (unpaired) electrons. The van der Waals surface area contributed by atoms with E-state index in [4.69, 9.17) is 0 Å². The van der Waals surface area contributed by atoms with Gasteiger partial charge in [-0.2, -0.15) is 13.2 Å². The monoisotopic (exact) mass is 342 g/mol. The molecule has 1 heterocycles. The second kappa shape index (κ2) is 7.46. The highest BCUT2D eigenvalue weighted by Gasteiger charge is 2.24. The second-order valence-electron chi connectivity index (χ2n) is 5.82. The molecule has 2 rings (SSSR count). The lowest BCUT2D eigenvalue weighted by Gasteiger charge is -2.29. The highest BCUT2D eigenvalue weighted by atomic mass is 19.3. The van der Waals surface area contributed by atoms with Crippen LogP contribution in [0.4, 0.5) is 18.9 Å². The minimum Gasteiger partial charge on any atom is -0.342 e. The molecular weight excluding hydrogens is 325 g/mol. The normalized spacial score (nSPS) is 16.0. The molecule has 1 saturated heterocycles. The number of piperidine rings is 1. The zero-order valence-electron chi connectivity index (χ0n) is 13.1. The standard InChI is InChI=1S/C16H17F3N2O3/c1-10(12-2-3-14(21(23)24)13(17)9-12)8-15(22)20-6-4-11(5-7-20)16(18)19/h2-3,9-10H,4-8H2,1H3. The summed E-state index contributed by atoms with van der Waals surface area (Å²) < 4.78 is 38.7. The largest absolute Gasteiger partial charge is 0.342 e. The van der Waals surface area contributed by atoms with Crippen LogP contribution >= 0.6 is 0 Å². The van der Waals surface area contributed by atoms with Crippen molar-refractivity contribution in [2.45, 2.75) is 32.1 Å². The van der Waals surface area contributed by atoms with Crippen molar-refractivity contribution in [1.29, 1.82) is 0 Å². The minimum absolute atomic E-state index is 0.0875. The van der Waals surface area contributed by atoms with E-state index in [0.29, 0.717) is 5.56 Å². The lowest BCUT2D eigenvalue weighted by atomic mass is 9.96. The first kappa shape index (κ1) is 18.0. The summed E-state index contributed by atoms with van der Waals surface area (Å²) in [4.78, 5) is 23.6. The van der Waals surface area contributed by atoms with Gasteiger partial charge < -0.3 is 4.90 Å². The third-order valence-corrected chi connectivity index (χ3v) is 4.21. The second-order valence-corrected chi connectivity index (χ2v) is 5.82. The van der Waals surface area contributed by atoms with Gasteiger partial charge in [-0.25, -0.2) is 0 Å². The van der Waals surface area contributed by atoms with Gasteiger partial charge in [-0.1, -0.05) is 13.0 Å². The maximum atomic E-state index is 13.7. The Morgan fingerprint density at radius 2 is 1.96 bits per heavy atom. The van der Waals surface area contributed by atoms with Gasteiger partial charge in [-0.05, 0) is 36.0 Å². The summed E-state index contributed by atoms with van der Waals surface area (Å²) in [5, 5.41) is 10.6. The van der Waals surface area contributed by atoms with Crippen molar-refractivity contribution in [2.24, 2.45) is 0 Å². The van der Waals surface area contributed by atoms with E-state index in [1.165, 1.54) is 11.0 Å². The predicted octanol–water partition coefficient (Wildman–Crippen LogP) is 4.00. The number of carbonyl (C=O) groups excluding carboxylic acids is 1. The smallest absolute Gasteiger partial charge is 0.304 e. The number of halogens is 3. The fourth-order valence-corrected chi connectivity index (χ4v) is 2.70. The average molecular weight is 342 g/mol. The molecule has 0 spiro atoms. The molecule has 0 bridgehead atoms. The fourth-order valence-electron chi connectivity index (χ4n) is 2.70. The van der Waals surface area contributed by atoms with E-state index >= 15 is 0 Å². The van der Waals surface area contributed by atoms with Crippen LogP contribution in [-0.4, -0.2) is 28.8 Å². The molecule has 0 N–H and O–H groups in total. The number of nitro groups is 1. The molecule has 1 aromatic carbocycles. The first-order chi connectivity index (χ1) is 11.3. The molecule has 1 amide bonds. The Balaban J connectivity index is 1.98. The number of amides is 1. The Hall–Kier alpha value is -2.38. The summed E-state index contributed by atoms with van der Waals surface area (Å²) in [6.07, 6.45) is -1.26. The number of nitrogens with zero attached hydrogens (tertiary/aromatic N) is 2. The van der Waals surface area contributed by atoms with Crippen LogP contribution in [0.5, 0.6) is 0 Å². The van der Waals surface area contributed by atoms with Crippen LogP contribution in [0.3, 0.4) is 0 Å². The third-order valence-electron chi connectivity index (χ3n) is 4.21. The van der Waals surface area contributed by atoms with E-state index in [-0.39, 0.29) is 49.8 Å². The van der Waals surface area contributed by atoms with Crippen LogP contribution in [0.15, 0.2) is 29.9 Å². The molecule has 130 valence electrons. The van der Waals surface area contributed by atoms with Crippen molar-refractivity contribution in [2.75, 3.05) is 13.1 Å². The first-order valence-corrected chi connectivity index (χ1v) is 7.54. The van der Waals surface area contributed by atoms with Crippen LogP contribution in [0, 0.1) is 15.9 Å². The molecule has 1 atom stereocenters. The van der Waals surface area contributed by atoms with Crippen molar-refractivity contribution < 1.29 is 22.9 Å². The Morgan fingerprint density at radius 3 is 2.46 bits per heavy atom. The summed E-state index contributed by atoms with van der Waals surface area (Å²) in [7, 11) is 0. The van der Waals surface area contributed by atoms with Gasteiger partial charge in [-0.3, -0.25) is 14.9 Å². The number of hydrogen-bond donors (Lipinski definition) is 0. The van der Waals surface area contributed by atoms with Gasteiger partial charge in [0.05, 0.1) is 4.92 Å². The topological polar surface area (TPSA) is 63.5 Å². The van der Waals surface area contributed by atoms with Gasteiger partial charge in [0.1, 0.15) is 0 Å². The van der Waals surface area contributed by atoms with Crippen molar-refractivity contribution in [1.82, 2.24) is 4.90 Å². The summed E-state index contributed by atoms with van der Waals surface area (Å²) in [5.74, 6) is -1.47. The molecule has 1 aliphatic heterocycles. The van der Waals surface area contributed by atoms with Crippen LogP contribution in [-0.2, 0) is 4.79 Å². The highest BCUT2D eigenvalue weighted by molar-refractivity contribution is 5.77. The Labute approximate surface area is 136 Å². The number of carbonyl (C=O) groups is 1. The van der Waals surface area contributed by atoms with Crippen molar-refractivity contribution in [3.05, 3.63) is 51.3 Å². The summed E-state index contributed by atoms with van der Waals surface area (Å²) in [6, 6.07) is 3.56. The van der Waals surface area contributed by atoms with E-state index in [1.807, 2.05) is 0 Å². The molecule has 1 unspecified atom stereocenters. The van der Waals surface area contributed by atoms with E-state index < -0.39 is 22.5 Å². The van der Waals surface area contributed by atoms with Crippen molar-refractivity contribution in [3.63, 3.8) is 0 Å². The molecule has 1 aromatic rings. The SMILES string of the molecule is CC(CC(=O)N1CCC(=C(F)F)CC1)c1ccc([N+](=O)[O-])c(F)c1. The third kappa shape index (κ3) is 4.12. The molecule has 5 nitrogen and oxygen atoms in total. The molecule has 1 fully saturated rings. The number of likely N-dealkylation sites (tertiary alicyclic amines) is 1. The first-order valence-electron chi connectivity index (χ1n) is 7.54. The van der Waals surface area contributed by atoms with Gasteiger partial charge >= 0.3 is 5.69 Å². The minimum atomic E-state index is -1.67. The van der Waals surface area contributed by atoms with Gasteiger partial charge in [0.25, 0.3) is 6.08 Å². The van der Waals surface area contributed by atoms with Gasteiger partial charge in [-0.15, -0.1) is 0 Å². The Bertz CT molecular complexity index is 677. The zero-order valence-corrected chi connectivity index (χ0v) is 13.1.